The highest BCUT2D eigenvalue weighted by molar-refractivity contribution is 6.33. The largest absolute Gasteiger partial charge is 0.491 e. The molecule has 3 aromatic heterocycles. The lowest BCUT2D eigenvalue weighted by molar-refractivity contribution is -0.161. The first-order chi connectivity index (χ1) is 15.0. The minimum atomic E-state index is -0.648. The number of benzene rings is 1. The van der Waals surface area contributed by atoms with E-state index in [9.17, 15) is 0 Å². The number of imidazole rings is 1. The van der Waals surface area contributed by atoms with Crippen molar-refractivity contribution in [3.63, 3.8) is 0 Å². The third kappa shape index (κ3) is 3.09. The summed E-state index contributed by atoms with van der Waals surface area (Å²) < 4.78 is 21.0. The summed E-state index contributed by atoms with van der Waals surface area (Å²) in [5.41, 5.74) is 2.60. The first-order valence-corrected chi connectivity index (χ1v) is 10.8. The monoisotopic (exact) mass is 439 g/mol. The number of ether oxygens (including phenoxy) is 3. The van der Waals surface area contributed by atoms with Crippen LogP contribution in [0.25, 0.3) is 22.1 Å². The van der Waals surface area contributed by atoms with Gasteiger partial charge in [0.05, 0.1) is 36.0 Å². The van der Waals surface area contributed by atoms with Gasteiger partial charge in [0, 0.05) is 12.1 Å². The van der Waals surface area contributed by atoms with Crippen molar-refractivity contribution < 1.29 is 14.2 Å². The number of hydrogen-bond donors (Lipinski definition) is 1. The van der Waals surface area contributed by atoms with E-state index in [4.69, 9.17) is 25.8 Å². The quantitative estimate of drug-likeness (QED) is 0.481. The van der Waals surface area contributed by atoms with E-state index >= 15 is 0 Å². The zero-order valence-electron chi connectivity index (χ0n) is 17.2. The fourth-order valence-corrected chi connectivity index (χ4v) is 5.15. The Balaban J connectivity index is 1.31. The van der Waals surface area contributed by atoms with Gasteiger partial charge in [0.2, 0.25) is 0 Å². The standard InChI is InChI=1S/C22H22ClN5O3/c1-22(2)30-18-12(9-29-16-5-3-4-14-17(16)25-10-24-14)8-15(19(18)31-22)28-7-6-13-20(23)26-11-27-21(13)28/h3-7,10-12,15,18-19H,8-9H2,1-2H3,(H,24,25)/t12-,15-,18-,19+/m1/s1. The van der Waals surface area contributed by atoms with E-state index in [0.717, 1.165) is 34.2 Å². The summed E-state index contributed by atoms with van der Waals surface area (Å²) in [6, 6.07) is 7.88. The number of fused-ring (bicyclic) bond motifs is 3. The van der Waals surface area contributed by atoms with E-state index in [1.165, 1.54) is 6.33 Å². The predicted molar refractivity (Wildman–Crippen MR) is 115 cm³/mol. The molecule has 4 aromatic rings. The number of para-hydroxylation sites is 1. The molecule has 0 radical (unpaired) electrons. The van der Waals surface area contributed by atoms with E-state index in [2.05, 4.69) is 24.5 Å². The van der Waals surface area contributed by atoms with E-state index in [1.807, 2.05) is 44.3 Å². The van der Waals surface area contributed by atoms with Crippen LogP contribution in [0.3, 0.4) is 0 Å². The van der Waals surface area contributed by atoms with Crippen LogP contribution in [0.1, 0.15) is 26.3 Å². The molecule has 4 atom stereocenters. The van der Waals surface area contributed by atoms with E-state index in [0.29, 0.717) is 11.8 Å². The minimum Gasteiger partial charge on any atom is -0.491 e. The predicted octanol–water partition coefficient (Wildman–Crippen LogP) is 4.12. The van der Waals surface area contributed by atoms with Crippen LogP contribution in [0.15, 0.2) is 43.1 Å². The number of rotatable bonds is 4. The maximum Gasteiger partial charge on any atom is 0.163 e. The molecule has 1 saturated carbocycles. The van der Waals surface area contributed by atoms with E-state index in [-0.39, 0.29) is 24.2 Å². The highest BCUT2D eigenvalue weighted by atomic mass is 35.5. The van der Waals surface area contributed by atoms with Crippen LogP contribution in [0.2, 0.25) is 5.15 Å². The topological polar surface area (TPSA) is 87.1 Å². The van der Waals surface area contributed by atoms with Crippen molar-refractivity contribution in [2.75, 3.05) is 6.61 Å². The summed E-state index contributed by atoms with van der Waals surface area (Å²) in [6.45, 7) is 4.43. The van der Waals surface area contributed by atoms with Gasteiger partial charge < -0.3 is 23.8 Å². The van der Waals surface area contributed by atoms with Crippen molar-refractivity contribution in [2.45, 2.75) is 44.3 Å². The van der Waals surface area contributed by atoms with Gasteiger partial charge in [-0.2, -0.15) is 0 Å². The highest BCUT2D eigenvalue weighted by Crippen LogP contribution is 2.48. The molecule has 4 heterocycles. The van der Waals surface area contributed by atoms with Gasteiger partial charge >= 0.3 is 0 Å². The fraction of sp³-hybridized carbons (Fsp3) is 0.409. The molecule has 2 fully saturated rings. The van der Waals surface area contributed by atoms with Gasteiger partial charge in [-0.05, 0) is 38.5 Å². The third-order valence-electron chi connectivity index (χ3n) is 6.24. The lowest BCUT2D eigenvalue weighted by Crippen LogP contribution is -2.29. The Bertz CT molecular complexity index is 1270. The lowest BCUT2D eigenvalue weighted by atomic mass is 10.1. The number of H-pyrrole nitrogens is 1. The maximum atomic E-state index is 6.34. The number of aromatic amines is 1. The van der Waals surface area contributed by atoms with E-state index in [1.54, 1.807) is 6.33 Å². The average Bonchev–Trinajstić information content (AvgIpc) is 3.49. The Hall–Kier alpha value is -2.68. The van der Waals surface area contributed by atoms with Crippen LogP contribution >= 0.6 is 11.6 Å². The highest BCUT2D eigenvalue weighted by Gasteiger charge is 2.55. The normalized spacial score (nSPS) is 27.2. The van der Waals surface area contributed by atoms with Crippen LogP contribution in [0.4, 0.5) is 0 Å². The Morgan fingerprint density at radius 1 is 1.19 bits per heavy atom. The maximum absolute atomic E-state index is 6.34. The molecule has 1 saturated heterocycles. The van der Waals surface area contributed by atoms with Crippen molar-refractivity contribution >= 4 is 33.7 Å². The second-order valence-electron chi connectivity index (χ2n) is 8.62. The zero-order valence-corrected chi connectivity index (χ0v) is 17.9. The summed E-state index contributed by atoms with van der Waals surface area (Å²) in [5.74, 6) is 0.300. The second kappa shape index (κ2) is 6.91. The SMILES string of the molecule is CC1(C)O[C@@H]2[C@@H](COc3cccc4nc[nH]c34)C[C@@H](n3ccc4c(Cl)ncnc43)[C@@H]2O1. The lowest BCUT2D eigenvalue weighted by Gasteiger charge is -2.24. The van der Waals surface area contributed by atoms with Crippen molar-refractivity contribution in [1.82, 2.24) is 24.5 Å². The van der Waals surface area contributed by atoms with Crippen LogP contribution < -0.4 is 4.74 Å². The molecular weight excluding hydrogens is 418 g/mol. The van der Waals surface area contributed by atoms with Gasteiger partial charge in [-0.3, -0.25) is 0 Å². The molecule has 6 rings (SSSR count). The number of hydrogen-bond acceptors (Lipinski definition) is 6. The zero-order chi connectivity index (χ0) is 21.2. The molecule has 1 aliphatic heterocycles. The van der Waals surface area contributed by atoms with Gasteiger partial charge in [0.15, 0.2) is 5.79 Å². The van der Waals surface area contributed by atoms with Gasteiger partial charge in [-0.25, -0.2) is 15.0 Å². The molecule has 0 unspecified atom stereocenters. The first-order valence-electron chi connectivity index (χ1n) is 10.4. The number of halogens is 1. The first kappa shape index (κ1) is 19.0. The molecule has 1 N–H and O–H groups in total. The van der Waals surface area contributed by atoms with Gasteiger partial charge in [-0.1, -0.05) is 17.7 Å². The molecule has 1 aliphatic carbocycles. The molecule has 31 heavy (non-hydrogen) atoms. The number of nitrogens with zero attached hydrogens (tertiary/aromatic N) is 4. The number of nitrogens with one attached hydrogen (secondary N) is 1. The summed E-state index contributed by atoms with van der Waals surface area (Å²) in [5, 5.41) is 1.29. The number of aromatic nitrogens is 5. The summed E-state index contributed by atoms with van der Waals surface area (Å²) >= 11 is 6.27. The van der Waals surface area contributed by atoms with E-state index < -0.39 is 5.79 Å². The fourth-order valence-electron chi connectivity index (χ4n) is 4.96. The smallest absolute Gasteiger partial charge is 0.163 e. The Kier molecular flexibility index (Phi) is 4.25. The summed E-state index contributed by atoms with van der Waals surface area (Å²) in [6.07, 6.45) is 5.85. The minimum absolute atomic E-state index is 0.0618. The average molecular weight is 440 g/mol. The van der Waals surface area contributed by atoms with Crippen molar-refractivity contribution in [3.8, 4) is 5.75 Å². The van der Waals surface area contributed by atoms with Crippen LogP contribution in [0, 0.1) is 5.92 Å². The molecule has 160 valence electrons. The molecule has 0 bridgehead atoms. The van der Waals surface area contributed by atoms with Crippen molar-refractivity contribution in [1.29, 1.82) is 0 Å². The van der Waals surface area contributed by atoms with Gasteiger partial charge in [0.25, 0.3) is 0 Å². The van der Waals surface area contributed by atoms with Crippen molar-refractivity contribution in [3.05, 3.63) is 48.3 Å². The van der Waals surface area contributed by atoms with Crippen LogP contribution in [-0.2, 0) is 9.47 Å². The van der Waals surface area contributed by atoms with Crippen molar-refractivity contribution in [2.24, 2.45) is 5.92 Å². The van der Waals surface area contributed by atoms with Gasteiger partial charge in [-0.15, -0.1) is 0 Å². The molecular formula is C22H22ClN5O3. The molecule has 0 spiro atoms. The molecule has 9 heteroatoms. The molecule has 1 aromatic carbocycles. The second-order valence-corrected chi connectivity index (χ2v) is 8.97. The Morgan fingerprint density at radius 2 is 2.06 bits per heavy atom. The summed E-state index contributed by atoms with van der Waals surface area (Å²) in [4.78, 5) is 16.0. The summed E-state index contributed by atoms with van der Waals surface area (Å²) in [7, 11) is 0. The van der Waals surface area contributed by atoms with Gasteiger partial charge in [0.1, 0.15) is 34.5 Å². The molecule has 0 amide bonds. The molecule has 2 aliphatic rings. The third-order valence-corrected chi connectivity index (χ3v) is 6.54. The van der Waals surface area contributed by atoms with Crippen LogP contribution in [0.5, 0.6) is 5.75 Å². The van der Waals surface area contributed by atoms with Crippen LogP contribution in [-0.4, -0.2) is 49.1 Å². The molecule has 8 nitrogen and oxygen atoms in total. The Morgan fingerprint density at radius 3 is 2.97 bits per heavy atom. The Labute approximate surface area is 183 Å².